The Balaban J connectivity index is 1.97. The molecule has 0 spiro atoms. The summed E-state index contributed by atoms with van der Waals surface area (Å²) in [5.41, 5.74) is 1.22. The topological polar surface area (TPSA) is 21.3 Å². The Labute approximate surface area is 127 Å². The van der Waals surface area contributed by atoms with Gasteiger partial charge in [0, 0.05) is 11.6 Å². The molecule has 0 aliphatic heterocycles. The van der Waals surface area contributed by atoms with E-state index in [4.69, 9.17) is 16.3 Å². The van der Waals surface area contributed by atoms with E-state index in [1.54, 1.807) is 0 Å². The number of rotatable bonds is 6. The highest BCUT2D eigenvalue weighted by Crippen LogP contribution is 2.30. The van der Waals surface area contributed by atoms with Crippen LogP contribution in [-0.2, 0) is 4.74 Å². The van der Waals surface area contributed by atoms with Crippen LogP contribution in [0.2, 0.25) is 5.02 Å². The number of benzene rings is 1. The first-order valence-electron chi connectivity index (χ1n) is 7.80. The fourth-order valence-corrected chi connectivity index (χ4v) is 2.92. The number of ether oxygens (including phenoxy) is 1. The average molecular weight is 296 g/mol. The molecule has 0 saturated heterocycles. The van der Waals surface area contributed by atoms with Gasteiger partial charge in [-0.25, -0.2) is 0 Å². The molecule has 1 aliphatic carbocycles. The highest BCUT2D eigenvalue weighted by Gasteiger charge is 2.22. The minimum absolute atomic E-state index is 0.130. The molecule has 1 saturated carbocycles. The summed E-state index contributed by atoms with van der Waals surface area (Å²) in [5, 5.41) is 4.18. The summed E-state index contributed by atoms with van der Waals surface area (Å²) >= 11 is 5.97. The van der Waals surface area contributed by atoms with Gasteiger partial charge in [-0.3, -0.25) is 0 Å². The molecule has 0 heterocycles. The summed E-state index contributed by atoms with van der Waals surface area (Å²) in [7, 11) is 0. The Kier molecular flexibility index (Phi) is 6.34. The van der Waals surface area contributed by atoms with Crippen LogP contribution in [0.1, 0.15) is 51.2 Å². The van der Waals surface area contributed by atoms with E-state index >= 15 is 0 Å². The van der Waals surface area contributed by atoms with Crippen molar-refractivity contribution in [1.82, 2.24) is 5.32 Å². The Bertz CT molecular complexity index is 384. The molecular weight excluding hydrogens is 270 g/mol. The van der Waals surface area contributed by atoms with Gasteiger partial charge in [-0.15, -0.1) is 0 Å². The Hall–Kier alpha value is -0.570. The van der Waals surface area contributed by atoms with E-state index in [1.807, 2.05) is 12.1 Å². The molecule has 3 heteroatoms. The van der Waals surface area contributed by atoms with Crippen LogP contribution in [0.5, 0.6) is 0 Å². The van der Waals surface area contributed by atoms with Crippen LogP contribution in [0.25, 0.3) is 0 Å². The fourth-order valence-electron chi connectivity index (χ4n) is 2.80. The van der Waals surface area contributed by atoms with Crippen LogP contribution in [0.15, 0.2) is 24.3 Å². The van der Waals surface area contributed by atoms with E-state index in [1.165, 1.54) is 31.2 Å². The molecule has 1 aliphatic rings. The first kappa shape index (κ1) is 15.8. The number of halogens is 1. The monoisotopic (exact) mass is 295 g/mol. The van der Waals surface area contributed by atoms with Crippen molar-refractivity contribution < 1.29 is 4.74 Å². The van der Waals surface area contributed by atoms with Crippen molar-refractivity contribution in [3.8, 4) is 0 Å². The van der Waals surface area contributed by atoms with Crippen molar-refractivity contribution in [2.24, 2.45) is 5.92 Å². The molecule has 1 atom stereocenters. The molecule has 2 rings (SSSR count). The standard InChI is InChI=1S/C17H26ClNO/c1-3-19-12-17(14-6-8-15(18)9-7-14)20-16-10-4-13(2)5-11-16/h6-9,13,16-17,19H,3-5,10-12H2,1-2H3. The first-order valence-corrected chi connectivity index (χ1v) is 8.18. The third kappa shape index (κ3) is 4.76. The van der Waals surface area contributed by atoms with Gasteiger partial charge in [0.2, 0.25) is 0 Å². The molecule has 1 fully saturated rings. The lowest BCUT2D eigenvalue weighted by Crippen LogP contribution is -2.29. The minimum Gasteiger partial charge on any atom is -0.369 e. The maximum Gasteiger partial charge on any atom is 0.0952 e. The third-order valence-corrected chi connectivity index (χ3v) is 4.39. The smallest absolute Gasteiger partial charge is 0.0952 e. The molecule has 1 aromatic rings. The van der Waals surface area contributed by atoms with Crippen LogP contribution in [0.3, 0.4) is 0 Å². The summed E-state index contributed by atoms with van der Waals surface area (Å²) < 4.78 is 6.36. The summed E-state index contributed by atoms with van der Waals surface area (Å²) in [5.74, 6) is 0.859. The largest absolute Gasteiger partial charge is 0.369 e. The van der Waals surface area contributed by atoms with E-state index < -0.39 is 0 Å². The highest BCUT2D eigenvalue weighted by molar-refractivity contribution is 6.30. The molecule has 112 valence electrons. The maximum atomic E-state index is 6.36. The maximum absolute atomic E-state index is 6.36. The number of hydrogen-bond acceptors (Lipinski definition) is 2. The lowest BCUT2D eigenvalue weighted by Gasteiger charge is -2.30. The van der Waals surface area contributed by atoms with E-state index in [9.17, 15) is 0 Å². The van der Waals surface area contributed by atoms with Gasteiger partial charge in [0.15, 0.2) is 0 Å². The second kappa shape index (κ2) is 8.02. The van der Waals surface area contributed by atoms with Crippen molar-refractivity contribution in [2.45, 2.75) is 51.7 Å². The lowest BCUT2D eigenvalue weighted by molar-refractivity contribution is -0.0360. The van der Waals surface area contributed by atoms with E-state index in [2.05, 4.69) is 31.3 Å². The zero-order chi connectivity index (χ0) is 14.4. The van der Waals surface area contributed by atoms with Gasteiger partial charge < -0.3 is 10.1 Å². The Morgan fingerprint density at radius 1 is 1.20 bits per heavy atom. The molecule has 1 unspecified atom stereocenters. The lowest BCUT2D eigenvalue weighted by atomic mass is 9.89. The Morgan fingerprint density at radius 2 is 1.85 bits per heavy atom. The second-order valence-corrected chi connectivity index (χ2v) is 6.30. The van der Waals surface area contributed by atoms with Crippen LogP contribution in [0.4, 0.5) is 0 Å². The summed E-state index contributed by atoms with van der Waals surface area (Å²) in [6.07, 6.45) is 5.50. The van der Waals surface area contributed by atoms with Gasteiger partial charge in [-0.1, -0.05) is 37.6 Å². The van der Waals surface area contributed by atoms with Gasteiger partial charge >= 0.3 is 0 Å². The molecular formula is C17H26ClNO. The number of hydrogen-bond donors (Lipinski definition) is 1. The van der Waals surface area contributed by atoms with Gasteiger partial charge in [-0.05, 0) is 55.8 Å². The quantitative estimate of drug-likeness (QED) is 0.829. The predicted molar refractivity (Wildman–Crippen MR) is 85.2 cm³/mol. The molecule has 0 aromatic heterocycles. The van der Waals surface area contributed by atoms with Crippen molar-refractivity contribution in [1.29, 1.82) is 0 Å². The molecule has 0 amide bonds. The molecule has 20 heavy (non-hydrogen) atoms. The van der Waals surface area contributed by atoms with Gasteiger partial charge in [0.1, 0.15) is 0 Å². The van der Waals surface area contributed by atoms with Crippen LogP contribution < -0.4 is 5.32 Å². The van der Waals surface area contributed by atoms with Gasteiger partial charge in [0.05, 0.1) is 12.2 Å². The van der Waals surface area contributed by atoms with Crippen LogP contribution in [0, 0.1) is 5.92 Å². The number of nitrogens with one attached hydrogen (secondary N) is 1. The Morgan fingerprint density at radius 3 is 2.45 bits per heavy atom. The second-order valence-electron chi connectivity index (χ2n) is 5.87. The van der Waals surface area contributed by atoms with E-state index in [0.29, 0.717) is 6.10 Å². The molecule has 1 aromatic carbocycles. The van der Waals surface area contributed by atoms with Crippen molar-refractivity contribution in [2.75, 3.05) is 13.1 Å². The van der Waals surface area contributed by atoms with Crippen molar-refractivity contribution in [3.63, 3.8) is 0 Å². The zero-order valence-corrected chi connectivity index (χ0v) is 13.3. The van der Waals surface area contributed by atoms with E-state index in [-0.39, 0.29) is 6.10 Å². The molecule has 1 N–H and O–H groups in total. The first-order chi connectivity index (χ1) is 9.69. The van der Waals surface area contributed by atoms with Crippen LogP contribution >= 0.6 is 11.6 Å². The van der Waals surface area contributed by atoms with Gasteiger partial charge in [0.25, 0.3) is 0 Å². The third-order valence-electron chi connectivity index (χ3n) is 4.14. The fraction of sp³-hybridized carbons (Fsp3) is 0.647. The molecule has 2 nitrogen and oxygen atoms in total. The molecule has 0 radical (unpaired) electrons. The van der Waals surface area contributed by atoms with Gasteiger partial charge in [-0.2, -0.15) is 0 Å². The zero-order valence-electron chi connectivity index (χ0n) is 12.6. The highest BCUT2D eigenvalue weighted by atomic mass is 35.5. The van der Waals surface area contributed by atoms with Crippen molar-refractivity contribution in [3.05, 3.63) is 34.9 Å². The SMILES string of the molecule is CCNCC(OC1CCC(C)CC1)c1ccc(Cl)cc1. The average Bonchev–Trinajstić information content (AvgIpc) is 2.46. The summed E-state index contributed by atoms with van der Waals surface area (Å²) in [6, 6.07) is 8.05. The normalized spacial score (nSPS) is 24.6. The minimum atomic E-state index is 0.130. The van der Waals surface area contributed by atoms with Crippen molar-refractivity contribution >= 4 is 11.6 Å². The summed E-state index contributed by atoms with van der Waals surface area (Å²) in [6.45, 7) is 6.30. The van der Waals surface area contributed by atoms with Crippen LogP contribution in [-0.4, -0.2) is 19.2 Å². The number of likely N-dealkylation sites (N-methyl/N-ethyl adjacent to an activating group) is 1. The summed E-state index contributed by atoms with van der Waals surface area (Å²) in [4.78, 5) is 0. The van der Waals surface area contributed by atoms with E-state index in [0.717, 1.165) is 24.0 Å². The predicted octanol–water partition coefficient (Wildman–Crippen LogP) is 4.59. The molecule has 0 bridgehead atoms.